The van der Waals surface area contributed by atoms with Gasteiger partial charge in [0.05, 0.1) is 51.9 Å². The number of rotatable bonds is 15. The van der Waals surface area contributed by atoms with Gasteiger partial charge in [0.1, 0.15) is 0 Å². The zero-order valence-corrected chi connectivity index (χ0v) is 21.9. The molecule has 0 radical (unpaired) electrons. The van der Waals surface area contributed by atoms with Crippen LogP contribution in [-0.2, 0) is 14.9 Å². The van der Waals surface area contributed by atoms with E-state index in [1.54, 1.807) is 18.2 Å². The van der Waals surface area contributed by atoms with Crippen molar-refractivity contribution in [2.24, 2.45) is 4.99 Å². The maximum Gasteiger partial charge on any atom is 0.231 e. The summed E-state index contributed by atoms with van der Waals surface area (Å²) in [4.78, 5) is 17.4. The molecule has 0 spiro atoms. The van der Waals surface area contributed by atoms with Crippen molar-refractivity contribution in [2.45, 2.75) is 19.3 Å². The van der Waals surface area contributed by atoms with E-state index in [1.807, 2.05) is 56.3 Å². The van der Waals surface area contributed by atoms with Gasteiger partial charge in [0, 0.05) is 29.2 Å². The van der Waals surface area contributed by atoms with Crippen LogP contribution in [0.4, 0.5) is 5.88 Å². The van der Waals surface area contributed by atoms with Crippen LogP contribution in [-0.4, -0.2) is 79.8 Å². The smallest absolute Gasteiger partial charge is 0.231 e. The molecular formula is C28H36N4O6. The van der Waals surface area contributed by atoms with Gasteiger partial charge in [0.15, 0.2) is 11.7 Å². The molecule has 3 rings (SSSR count). The van der Waals surface area contributed by atoms with Crippen LogP contribution in [0.3, 0.4) is 0 Å². The molecule has 1 heterocycles. The first-order valence-electron chi connectivity index (χ1n) is 12.6. The van der Waals surface area contributed by atoms with E-state index in [-0.39, 0.29) is 32.2 Å². The Hall–Kier alpha value is -3.57. The molecule has 0 bridgehead atoms. The SMILES string of the molecule is CC(C)(c1cccc(C(=O)c2ccccc2)c1)c1cc(N/C(=N\CCOCCO)NCCOCCO)on1. The topological polar surface area (TPSA) is 138 Å². The summed E-state index contributed by atoms with van der Waals surface area (Å²) in [6.07, 6.45) is 0. The normalized spacial score (nSPS) is 11.9. The van der Waals surface area contributed by atoms with Crippen LogP contribution < -0.4 is 10.6 Å². The fourth-order valence-corrected chi connectivity index (χ4v) is 3.64. The minimum atomic E-state index is -0.544. The highest BCUT2D eigenvalue weighted by atomic mass is 16.5. The summed E-state index contributed by atoms with van der Waals surface area (Å²) in [6.45, 7) is 6.01. The predicted octanol–water partition coefficient (Wildman–Crippen LogP) is 2.61. The fourth-order valence-electron chi connectivity index (χ4n) is 3.64. The Kier molecular flexibility index (Phi) is 11.4. The number of hydrogen-bond donors (Lipinski definition) is 4. The quantitative estimate of drug-likeness (QED) is 0.102. The molecule has 0 saturated heterocycles. The van der Waals surface area contributed by atoms with Gasteiger partial charge in [-0.15, -0.1) is 0 Å². The lowest BCUT2D eigenvalue weighted by Gasteiger charge is -2.23. The van der Waals surface area contributed by atoms with Gasteiger partial charge in [0.25, 0.3) is 0 Å². The van der Waals surface area contributed by atoms with E-state index >= 15 is 0 Å². The number of aromatic nitrogens is 1. The van der Waals surface area contributed by atoms with Crippen LogP contribution in [0.25, 0.3) is 0 Å². The standard InChI is InChI=1S/C28H36N4O6/c1-28(2,23-10-6-9-22(19-23)26(35)21-7-4-3-5-8-21)24-20-25(38-32-24)31-27(29-11-15-36-17-13-33)30-12-16-37-18-14-34/h3-10,19-20,33-34H,11-18H2,1-2H3,(H2,29,30,31). The van der Waals surface area contributed by atoms with Crippen molar-refractivity contribution in [1.82, 2.24) is 10.5 Å². The number of benzene rings is 2. The second-order valence-corrected chi connectivity index (χ2v) is 8.93. The number of ether oxygens (including phenoxy) is 2. The number of carbonyl (C=O) groups is 1. The molecule has 1 aromatic heterocycles. The van der Waals surface area contributed by atoms with Crippen molar-refractivity contribution < 1.29 is 29.0 Å². The molecular weight excluding hydrogens is 488 g/mol. The molecule has 204 valence electrons. The number of ketones is 1. The highest BCUT2D eigenvalue weighted by Crippen LogP contribution is 2.32. The van der Waals surface area contributed by atoms with Crippen LogP contribution in [0, 0.1) is 0 Å². The number of hydrogen-bond acceptors (Lipinski definition) is 8. The van der Waals surface area contributed by atoms with Gasteiger partial charge in [-0.05, 0) is 11.6 Å². The molecule has 0 aliphatic carbocycles. The average Bonchev–Trinajstić information content (AvgIpc) is 3.42. The van der Waals surface area contributed by atoms with Crippen molar-refractivity contribution in [2.75, 3.05) is 58.0 Å². The summed E-state index contributed by atoms with van der Waals surface area (Å²) in [5.41, 5.74) is 2.30. The molecule has 0 amide bonds. The van der Waals surface area contributed by atoms with Crippen molar-refractivity contribution >= 4 is 17.6 Å². The summed E-state index contributed by atoms with van der Waals surface area (Å²) in [6, 6.07) is 18.5. The third-order valence-electron chi connectivity index (χ3n) is 5.79. The number of aliphatic hydroxyl groups is 2. The zero-order chi connectivity index (χ0) is 27.2. The minimum absolute atomic E-state index is 0.0383. The molecule has 0 aliphatic heterocycles. The van der Waals surface area contributed by atoms with Crippen molar-refractivity contribution in [3.63, 3.8) is 0 Å². The molecule has 10 heteroatoms. The predicted molar refractivity (Wildman–Crippen MR) is 145 cm³/mol. The van der Waals surface area contributed by atoms with Crippen LogP contribution in [0.1, 0.15) is 41.0 Å². The molecule has 0 atom stereocenters. The Morgan fingerprint density at radius 1 is 0.947 bits per heavy atom. The van der Waals surface area contributed by atoms with E-state index in [9.17, 15) is 4.79 Å². The van der Waals surface area contributed by atoms with Crippen LogP contribution >= 0.6 is 0 Å². The number of carbonyl (C=O) groups excluding carboxylic acids is 1. The summed E-state index contributed by atoms with van der Waals surface area (Å²) in [7, 11) is 0. The molecule has 3 aromatic rings. The Morgan fingerprint density at radius 2 is 1.66 bits per heavy atom. The maximum atomic E-state index is 13.0. The number of nitrogens with zero attached hydrogens (tertiary/aromatic N) is 2. The molecule has 0 aliphatic rings. The van der Waals surface area contributed by atoms with Crippen LogP contribution in [0.5, 0.6) is 0 Å². The van der Waals surface area contributed by atoms with E-state index in [2.05, 4.69) is 20.8 Å². The molecule has 0 fully saturated rings. The first-order chi connectivity index (χ1) is 18.5. The summed E-state index contributed by atoms with van der Waals surface area (Å²) in [5, 5.41) is 28.2. The summed E-state index contributed by atoms with van der Waals surface area (Å²) < 4.78 is 16.1. The highest BCUT2D eigenvalue weighted by Gasteiger charge is 2.28. The third kappa shape index (κ3) is 8.49. The third-order valence-corrected chi connectivity index (χ3v) is 5.79. The lowest BCUT2D eigenvalue weighted by molar-refractivity contribution is 0.0955. The molecule has 2 aromatic carbocycles. The zero-order valence-electron chi connectivity index (χ0n) is 21.9. The van der Waals surface area contributed by atoms with E-state index in [0.717, 1.165) is 5.56 Å². The highest BCUT2D eigenvalue weighted by molar-refractivity contribution is 6.09. The molecule has 0 saturated carbocycles. The average molecular weight is 525 g/mol. The monoisotopic (exact) mass is 524 g/mol. The molecule has 10 nitrogen and oxygen atoms in total. The molecule has 0 unspecified atom stereocenters. The van der Waals surface area contributed by atoms with Gasteiger partial charge >= 0.3 is 0 Å². The number of anilines is 1. The van der Waals surface area contributed by atoms with E-state index in [0.29, 0.717) is 55.0 Å². The lowest BCUT2D eigenvalue weighted by atomic mass is 9.80. The van der Waals surface area contributed by atoms with Gasteiger partial charge in [0.2, 0.25) is 5.88 Å². The number of guanidine groups is 1. The summed E-state index contributed by atoms with van der Waals surface area (Å²) >= 11 is 0. The van der Waals surface area contributed by atoms with Crippen molar-refractivity contribution in [3.8, 4) is 0 Å². The largest absolute Gasteiger partial charge is 0.394 e. The van der Waals surface area contributed by atoms with Gasteiger partial charge in [-0.3, -0.25) is 15.1 Å². The maximum absolute atomic E-state index is 13.0. The molecule has 38 heavy (non-hydrogen) atoms. The lowest BCUT2D eigenvalue weighted by Crippen LogP contribution is -2.34. The van der Waals surface area contributed by atoms with Crippen LogP contribution in [0.15, 0.2) is 70.2 Å². The van der Waals surface area contributed by atoms with E-state index < -0.39 is 5.41 Å². The van der Waals surface area contributed by atoms with E-state index in [4.69, 9.17) is 24.2 Å². The second-order valence-electron chi connectivity index (χ2n) is 8.93. The van der Waals surface area contributed by atoms with Gasteiger partial charge in [-0.25, -0.2) is 0 Å². The number of aliphatic hydroxyl groups excluding tert-OH is 2. The van der Waals surface area contributed by atoms with E-state index in [1.165, 1.54) is 0 Å². The fraction of sp³-hybridized carbons (Fsp3) is 0.393. The van der Waals surface area contributed by atoms with Gasteiger partial charge < -0.3 is 29.5 Å². The first-order valence-corrected chi connectivity index (χ1v) is 12.6. The molecule has 4 N–H and O–H groups in total. The van der Waals surface area contributed by atoms with Crippen LogP contribution in [0.2, 0.25) is 0 Å². The number of aliphatic imine (C=N–C) groups is 1. The second kappa shape index (κ2) is 15.0. The Labute approximate surface area is 222 Å². The Bertz CT molecular complexity index is 1160. The van der Waals surface area contributed by atoms with Crippen molar-refractivity contribution in [3.05, 3.63) is 83.0 Å². The first kappa shape index (κ1) is 29.0. The Balaban J connectivity index is 1.71. The van der Waals surface area contributed by atoms with Gasteiger partial charge in [-0.1, -0.05) is 67.5 Å². The Morgan fingerprint density at radius 3 is 2.39 bits per heavy atom. The van der Waals surface area contributed by atoms with Crippen molar-refractivity contribution in [1.29, 1.82) is 0 Å². The summed E-state index contributed by atoms with van der Waals surface area (Å²) in [5.74, 6) is 0.799. The minimum Gasteiger partial charge on any atom is -0.394 e. The van der Waals surface area contributed by atoms with Gasteiger partial charge in [-0.2, -0.15) is 0 Å². The number of nitrogens with one attached hydrogen (secondary N) is 2.